The van der Waals surface area contributed by atoms with Crippen molar-refractivity contribution in [1.29, 1.82) is 0 Å². The lowest BCUT2D eigenvalue weighted by atomic mass is 9.99. The highest BCUT2D eigenvalue weighted by atomic mass is 16.6. The quantitative estimate of drug-likeness (QED) is 0.573. The molecular formula is C18H15N5O3. The number of nitrogens with one attached hydrogen (secondary N) is 2. The number of nitrogens with zero attached hydrogens (tertiary/aromatic N) is 3. The number of furan rings is 1. The van der Waals surface area contributed by atoms with Gasteiger partial charge in [0.15, 0.2) is 0 Å². The lowest BCUT2D eigenvalue weighted by molar-refractivity contribution is 0.0990. The van der Waals surface area contributed by atoms with Gasteiger partial charge < -0.3 is 9.15 Å². The van der Waals surface area contributed by atoms with E-state index in [9.17, 15) is 4.79 Å². The first-order valence-electron chi connectivity index (χ1n) is 8.06. The molecule has 0 atom stereocenters. The van der Waals surface area contributed by atoms with Crippen molar-refractivity contribution in [1.82, 2.24) is 20.6 Å². The van der Waals surface area contributed by atoms with Gasteiger partial charge in [-0.2, -0.15) is 0 Å². The molecule has 1 amide bonds. The molecule has 0 fully saturated rings. The van der Waals surface area contributed by atoms with Crippen LogP contribution in [0.3, 0.4) is 0 Å². The number of tetrazole rings is 1. The van der Waals surface area contributed by atoms with Gasteiger partial charge in [0.2, 0.25) is 11.7 Å². The van der Waals surface area contributed by atoms with Crippen molar-refractivity contribution in [3.8, 4) is 17.1 Å². The van der Waals surface area contributed by atoms with E-state index in [1.54, 1.807) is 0 Å². The van der Waals surface area contributed by atoms with Crippen molar-refractivity contribution in [2.24, 2.45) is 0 Å². The smallest absolute Gasteiger partial charge is 0.294 e. The monoisotopic (exact) mass is 349 g/mol. The summed E-state index contributed by atoms with van der Waals surface area (Å²) in [5.41, 5.74) is 1.84. The summed E-state index contributed by atoms with van der Waals surface area (Å²) in [7, 11) is 0. The molecule has 0 radical (unpaired) electrons. The highest BCUT2D eigenvalue weighted by molar-refractivity contribution is 6.15. The predicted octanol–water partition coefficient (Wildman–Crippen LogP) is 3.26. The molecule has 0 aliphatic carbocycles. The van der Waals surface area contributed by atoms with E-state index < -0.39 is 5.91 Å². The number of benzene rings is 2. The third kappa shape index (κ3) is 2.77. The second-order valence-electron chi connectivity index (χ2n) is 5.45. The van der Waals surface area contributed by atoms with E-state index in [1.807, 2.05) is 55.5 Å². The van der Waals surface area contributed by atoms with E-state index in [0.29, 0.717) is 17.9 Å². The fourth-order valence-corrected chi connectivity index (χ4v) is 2.80. The summed E-state index contributed by atoms with van der Waals surface area (Å²) in [5.74, 6) is 0.109. The summed E-state index contributed by atoms with van der Waals surface area (Å²) >= 11 is 0. The van der Waals surface area contributed by atoms with Crippen molar-refractivity contribution in [2.45, 2.75) is 6.92 Å². The Hall–Kier alpha value is -3.68. The zero-order valence-electron chi connectivity index (χ0n) is 13.9. The van der Waals surface area contributed by atoms with Crippen LogP contribution in [0.2, 0.25) is 0 Å². The van der Waals surface area contributed by atoms with Gasteiger partial charge >= 0.3 is 0 Å². The zero-order chi connectivity index (χ0) is 17.9. The molecule has 130 valence electrons. The number of hydrogen-bond donors (Lipinski definition) is 2. The Morgan fingerprint density at radius 1 is 1.19 bits per heavy atom. The molecular weight excluding hydrogens is 334 g/mol. The van der Waals surface area contributed by atoms with Crippen molar-refractivity contribution in [2.75, 3.05) is 11.9 Å². The van der Waals surface area contributed by atoms with Crippen LogP contribution in [0.5, 0.6) is 5.95 Å². The number of aromatic amines is 1. The summed E-state index contributed by atoms with van der Waals surface area (Å²) in [6.07, 6.45) is 0. The first-order chi connectivity index (χ1) is 12.8. The van der Waals surface area contributed by atoms with Gasteiger partial charge in [-0.15, -0.1) is 0 Å². The standard InChI is InChI=1S/C18H15N5O3/c1-2-25-17-13-10-6-9-12(11-7-4-3-5-8-11)14(13)15(26-17)16(24)19-18-20-22-23-21-18/h3-10H,2H2,1H3,(H2,19,20,21,22,23,24). The molecule has 2 aromatic heterocycles. The third-order valence-corrected chi connectivity index (χ3v) is 3.85. The van der Waals surface area contributed by atoms with Gasteiger partial charge in [0.05, 0.1) is 12.0 Å². The number of hydrogen-bond acceptors (Lipinski definition) is 6. The SMILES string of the molecule is CCOc1oc(C(=O)Nc2nnn[nH]2)c2c(-c3ccccc3)cccc12. The lowest BCUT2D eigenvalue weighted by Crippen LogP contribution is -2.12. The van der Waals surface area contributed by atoms with Crippen LogP contribution in [0.25, 0.3) is 21.9 Å². The number of rotatable bonds is 5. The normalized spacial score (nSPS) is 10.8. The average Bonchev–Trinajstić information content (AvgIpc) is 3.31. The van der Waals surface area contributed by atoms with Gasteiger partial charge in [-0.3, -0.25) is 10.1 Å². The van der Waals surface area contributed by atoms with Crippen molar-refractivity contribution >= 4 is 22.6 Å². The molecule has 8 nitrogen and oxygen atoms in total. The fourth-order valence-electron chi connectivity index (χ4n) is 2.80. The first-order valence-corrected chi connectivity index (χ1v) is 8.06. The van der Waals surface area contributed by atoms with Crippen LogP contribution in [0.15, 0.2) is 52.9 Å². The Bertz CT molecular complexity index is 1040. The first kappa shape index (κ1) is 15.8. The molecule has 2 heterocycles. The molecule has 0 spiro atoms. The Labute approximate surface area is 148 Å². The zero-order valence-corrected chi connectivity index (χ0v) is 13.9. The van der Waals surface area contributed by atoms with Crippen LogP contribution >= 0.6 is 0 Å². The lowest BCUT2D eigenvalue weighted by Gasteiger charge is -2.05. The highest BCUT2D eigenvalue weighted by Gasteiger charge is 2.24. The number of fused-ring (bicyclic) bond motifs is 1. The topological polar surface area (TPSA) is 106 Å². The van der Waals surface area contributed by atoms with E-state index in [2.05, 4.69) is 25.9 Å². The van der Waals surface area contributed by atoms with E-state index in [-0.39, 0.29) is 11.7 Å². The number of carbonyl (C=O) groups is 1. The van der Waals surface area contributed by atoms with Gasteiger partial charge in [-0.1, -0.05) is 47.6 Å². The third-order valence-electron chi connectivity index (χ3n) is 3.85. The van der Waals surface area contributed by atoms with Gasteiger partial charge in [0, 0.05) is 5.39 Å². The molecule has 0 saturated carbocycles. The second-order valence-corrected chi connectivity index (χ2v) is 5.45. The van der Waals surface area contributed by atoms with E-state index in [0.717, 1.165) is 16.5 Å². The van der Waals surface area contributed by atoms with Crippen LogP contribution in [0.1, 0.15) is 17.5 Å². The number of amides is 1. The summed E-state index contributed by atoms with van der Waals surface area (Å²) in [6, 6.07) is 15.5. The molecule has 4 aromatic rings. The molecule has 0 unspecified atom stereocenters. The average molecular weight is 349 g/mol. The van der Waals surface area contributed by atoms with E-state index in [4.69, 9.17) is 9.15 Å². The summed E-state index contributed by atoms with van der Waals surface area (Å²) in [5, 5.41) is 17.0. The van der Waals surface area contributed by atoms with Crippen molar-refractivity contribution in [3.63, 3.8) is 0 Å². The van der Waals surface area contributed by atoms with Crippen LogP contribution in [0.4, 0.5) is 5.95 Å². The number of anilines is 1. The maximum Gasteiger partial charge on any atom is 0.294 e. The second kappa shape index (κ2) is 6.67. The summed E-state index contributed by atoms with van der Waals surface area (Å²) in [4.78, 5) is 12.8. The van der Waals surface area contributed by atoms with Gasteiger partial charge in [0.25, 0.3) is 11.9 Å². The minimum Gasteiger partial charge on any atom is -0.465 e. The molecule has 2 aromatic carbocycles. The van der Waals surface area contributed by atoms with Crippen LogP contribution < -0.4 is 10.1 Å². The molecule has 4 rings (SSSR count). The minimum absolute atomic E-state index is 0.134. The highest BCUT2D eigenvalue weighted by Crippen LogP contribution is 2.39. The van der Waals surface area contributed by atoms with Crippen LogP contribution in [-0.2, 0) is 0 Å². The molecule has 26 heavy (non-hydrogen) atoms. The Morgan fingerprint density at radius 3 is 2.77 bits per heavy atom. The Morgan fingerprint density at radius 2 is 2.04 bits per heavy atom. The Balaban J connectivity index is 1.89. The molecule has 0 aliphatic heterocycles. The van der Waals surface area contributed by atoms with E-state index >= 15 is 0 Å². The molecule has 0 saturated heterocycles. The summed E-state index contributed by atoms with van der Waals surface area (Å²) in [6.45, 7) is 2.28. The number of aromatic nitrogens is 4. The number of ether oxygens (including phenoxy) is 1. The van der Waals surface area contributed by atoms with Crippen LogP contribution in [-0.4, -0.2) is 33.1 Å². The predicted molar refractivity (Wildman–Crippen MR) is 94.9 cm³/mol. The molecule has 0 bridgehead atoms. The number of carbonyl (C=O) groups excluding carboxylic acids is 1. The molecule has 8 heteroatoms. The fraction of sp³-hybridized carbons (Fsp3) is 0.111. The maximum atomic E-state index is 12.8. The molecule has 0 aliphatic rings. The largest absolute Gasteiger partial charge is 0.465 e. The van der Waals surface area contributed by atoms with Crippen molar-refractivity contribution in [3.05, 3.63) is 54.3 Å². The summed E-state index contributed by atoms with van der Waals surface area (Å²) < 4.78 is 11.3. The van der Waals surface area contributed by atoms with Gasteiger partial charge in [-0.05, 0) is 34.5 Å². The van der Waals surface area contributed by atoms with Gasteiger partial charge in [0.1, 0.15) is 0 Å². The minimum atomic E-state index is -0.470. The Kier molecular flexibility index (Phi) is 4.06. The van der Waals surface area contributed by atoms with Crippen LogP contribution in [0, 0.1) is 0 Å². The van der Waals surface area contributed by atoms with Crippen molar-refractivity contribution < 1.29 is 13.9 Å². The van der Waals surface area contributed by atoms with E-state index in [1.165, 1.54) is 0 Å². The molecule has 2 N–H and O–H groups in total. The number of H-pyrrole nitrogens is 1. The van der Waals surface area contributed by atoms with Gasteiger partial charge in [-0.25, -0.2) is 5.10 Å². The maximum absolute atomic E-state index is 12.8.